The topological polar surface area (TPSA) is 115 Å². The van der Waals surface area contributed by atoms with Crippen LogP contribution in [0, 0.1) is 28.3 Å². The molecule has 0 aliphatic heterocycles. The van der Waals surface area contributed by atoms with E-state index < -0.39 is 16.4 Å². The number of halogens is 1. The average Bonchev–Trinajstić information content (AvgIpc) is 2.40. The van der Waals surface area contributed by atoms with Crippen LogP contribution < -0.4 is 10.5 Å². The Balaban J connectivity index is 2.43. The monoisotopic (exact) mass is 290 g/mol. The van der Waals surface area contributed by atoms with Crippen molar-refractivity contribution in [2.45, 2.75) is 6.92 Å². The first-order chi connectivity index (χ1) is 9.86. The molecule has 0 aliphatic carbocycles. The highest BCUT2D eigenvalue weighted by atomic mass is 19.1. The van der Waals surface area contributed by atoms with Crippen molar-refractivity contribution in [1.29, 1.82) is 5.41 Å². The summed E-state index contributed by atoms with van der Waals surface area (Å²) in [5.41, 5.74) is 5.78. The van der Waals surface area contributed by atoms with E-state index in [1.54, 1.807) is 13.0 Å². The number of benzene rings is 1. The lowest BCUT2D eigenvalue weighted by Crippen LogP contribution is -2.11. The molecule has 0 radical (unpaired) electrons. The number of pyridine rings is 1. The molecule has 7 nitrogen and oxygen atoms in total. The van der Waals surface area contributed by atoms with Gasteiger partial charge >= 0.3 is 5.69 Å². The molecule has 1 heterocycles. The maximum absolute atomic E-state index is 13.1. The van der Waals surface area contributed by atoms with Crippen molar-refractivity contribution < 1.29 is 14.1 Å². The Labute approximate surface area is 118 Å². The van der Waals surface area contributed by atoms with Gasteiger partial charge in [0.15, 0.2) is 0 Å². The van der Waals surface area contributed by atoms with E-state index in [1.165, 1.54) is 6.07 Å². The van der Waals surface area contributed by atoms with E-state index in [0.29, 0.717) is 11.3 Å². The summed E-state index contributed by atoms with van der Waals surface area (Å²) < 4.78 is 18.4. The SMILES string of the molecule is Cc1cc(C(=N)N)cc(Oc2ccc(F)cc2[N+](=O)[O-])n1. The van der Waals surface area contributed by atoms with Crippen molar-refractivity contribution in [3.8, 4) is 11.6 Å². The van der Waals surface area contributed by atoms with E-state index in [0.717, 1.165) is 18.2 Å². The number of nitrogen functional groups attached to an aromatic ring is 1. The molecule has 108 valence electrons. The molecule has 8 heteroatoms. The summed E-state index contributed by atoms with van der Waals surface area (Å²) in [6.45, 7) is 1.67. The zero-order valence-corrected chi connectivity index (χ0v) is 11.0. The summed E-state index contributed by atoms with van der Waals surface area (Å²) in [7, 11) is 0. The van der Waals surface area contributed by atoms with E-state index in [2.05, 4.69) is 4.98 Å². The molecule has 1 aromatic heterocycles. The van der Waals surface area contributed by atoms with Crippen LogP contribution in [0.4, 0.5) is 10.1 Å². The van der Waals surface area contributed by atoms with E-state index >= 15 is 0 Å². The van der Waals surface area contributed by atoms with Gasteiger partial charge in [-0.05, 0) is 25.1 Å². The van der Waals surface area contributed by atoms with Crippen molar-refractivity contribution in [2.24, 2.45) is 5.73 Å². The standard InChI is InChI=1S/C13H11FN4O3/c1-7-4-8(13(15)16)5-12(17-7)21-11-3-2-9(14)6-10(11)18(19)20/h2-6H,1H3,(H3,15,16). The molecular formula is C13H11FN4O3. The Hall–Kier alpha value is -3.03. The Bertz CT molecular complexity index is 733. The zero-order chi connectivity index (χ0) is 15.6. The van der Waals surface area contributed by atoms with Crippen LogP contribution in [-0.4, -0.2) is 15.7 Å². The summed E-state index contributed by atoms with van der Waals surface area (Å²) in [4.78, 5) is 14.2. The molecule has 0 atom stereocenters. The molecule has 2 rings (SSSR count). The van der Waals surface area contributed by atoms with E-state index in [9.17, 15) is 14.5 Å². The molecule has 0 spiro atoms. The van der Waals surface area contributed by atoms with Gasteiger partial charge in [-0.15, -0.1) is 0 Å². The zero-order valence-electron chi connectivity index (χ0n) is 11.0. The van der Waals surface area contributed by atoms with E-state index in [-0.39, 0.29) is 17.5 Å². The lowest BCUT2D eigenvalue weighted by atomic mass is 10.2. The fraction of sp³-hybridized carbons (Fsp3) is 0.0769. The first kappa shape index (κ1) is 14.4. The van der Waals surface area contributed by atoms with Gasteiger partial charge < -0.3 is 10.5 Å². The van der Waals surface area contributed by atoms with Crippen LogP contribution in [0.1, 0.15) is 11.3 Å². The normalized spacial score (nSPS) is 10.2. The van der Waals surface area contributed by atoms with Gasteiger partial charge in [0.1, 0.15) is 11.7 Å². The summed E-state index contributed by atoms with van der Waals surface area (Å²) in [6, 6.07) is 5.91. The fourth-order valence-electron chi connectivity index (χ4n) is 1.68. The number of nitrogens with one attached hydrogen (secondary N) is 1. The van der Waals surface area contributed by atoms with Gasteiger partial charge in [0.05, 0.1) is 11.0 Å². The van der Waals surface area contributed by atoms with Crippen LogP contribution >= 0.6 is 0 Å². The predicted octanol–water partition coefficient (Wildman–Crippen LogP) is 2.51. The number of hydrogen-bond donors (Lipinski definition) is 2. The molecule has 0 aliphatic rings. The minimum absolute atomic E-state index is 0.0370. The number of hydrogen-bond acceptors (Lipinski definition) is 5. The van der Waals surface area contributed by atoms with Gasteiger partial charge in [-0.1, -0.05) is 0 Å². The van der Waals surface area contributed by atoms with Crippen molar-refractivity contribution in [1.82, 2.24) is 4.98 Å². The summed E-state index contributed by atoms with van der Waals surface area (Å²) in [5, 5.41) is 18.3. The molecule has 0 unspecified atom stereocenters. The van der Waals surface area contributed by atoms with Gasteiger partial charge in [-0.25, -0.2) is 9.37 Å². The quantitative estimate of drug-likeness (QED) is 0.388. The second kappa shape index (κ2) is 5.53. The van der Waals surface area contributed by atoms with Gasteiger partial charge in [-0.2, -0.15) is 0 Å². The average molecular weight is 290 g/mol. The Kier molecular flexibility index (Phi) is 3.79. The summed E-state index contributed by atoms with van der Waals surface area (Å²) in [5.74, 6) is -1.03. The number of amidine groups is 1. The van der Waals surface area contributed by atoms with E-state index in [4.69, 9.17) is 15.9 Å². The lowest BCUT2D eigenvalue weighted by Gasteiger charge is -2.08. The minimum Gasteiger partial charge on any atom is -0.432 e. The molecule has 3 N–H and O–H groups in total. The van der Waals surface area contributed by atoms with Crippen molar-refractivity contribution in [3.05, 3.63) is 57.5 Å². The lowest BCUT2D eigenvalue weighted by molar-refractivity contribution is -0.385. The summed E-state index contributed by atoms with van der Waals surface area (Å²) in [6.07, 6.45) is 0. The smallest absolute Gasteiger partial charge is 0.314 e. The van der Waals surface area contributed by atoms with Gasteiger partial charge in [0.2, 0.25) is 11.6 Å². The molecule has 2 aromatic rings. The van der Waals surface area contributed by atoms with Crippen LogP contribution in [0.15, 0.2) is 30.3 Å². The molecule has 0 fully saturated rings. The van der Waals surface area contributed by atoms with Crippen molar-refractivity contribution in [3.63, 3.8) is 0 Å². The Morgan fingerprint density at radius 1 is 1.43 bits per heavy atom. The maximum atomic E-state index is 13.1. The number of aryl methyl sites for hydroxylation is 1. The molecule has 1 aromatic carbocycles. The first-order valence-corrected chi connectivity index (χ1v) is 5.81. The minimum atomic E-state index is -0.750. The number of aromatic nitrogens is 1. The number of rotatable bonds is 4. The highest BCUT2D eigenvalue weighted by Crippen LogP contribution is 2.31. The molecular weight excluding hydrogens is 279 g/mol. The highest BCUT2D eigenvalue weighted by Gasteiger charge is 2.18. The molecule has 21 heavy (non-hydrogen) atoms. The number of nitrogens with two attached hydrogens (primary N) is 1. The third-order valence-electron chi connectivity index (χ3n) is 2.57. The second-order valence-corrected chi connectivity index (χ2v) is 4.22. The van der Waals surface area contributed by atoms with E-state index in [1.807, 2.05) is 0 Å². The molecule has 0 saturated carbocycles. The molecule has 0 amide bonds. The van der Waals surface area contributed by atoms with Crippen molar-refractivity contribution in [2.75, 3.05) is 0 Å². The third-order valence-corrected chi connectivity index (χ3v) is 2.57. The Morgan fingerprint density at radius 2 is 2.14 bits per heavy atom. The number of ether oxygens (including phenoxy) is 1. The largest absolute Gasteiger partial charge is 0.432 e. The predicted molar refractivity (Wildman–Crippen MR) is 73.1 cm³/mol. The fourth-order valence-corrected chi connectivity index (χ4v) is 1.68. The van der Waals surface area contributed by atoms with Gasteiger partial charge in [0, 0.05) is 17.3 Å². The number of nitro groups is 1. The second-order valence-electron chi connectivity index (χ2n) is 4.22. The Morgan fingerprint density at radius 3 is 2.76 bits per heavy atom. The van der Waals surface area contributed by atoms with Gasteiger partial charge in [0.25, 0.3) is 0 Å². The maximum Gasteiger partial charge on any atom is 0.314 e. The third kappa shape index (κ3) is 3.30. The highest BCUT2D eigenvalue weighted by molar-refractivity contribution is 5.95. The van der Waals surface area contributed by atoms with Crippen LogP contribution in [-0.2, 0) is 0 Å². The molecule has 0 bridgehead atoms. The van der Waals surface area contributed by atoms with Crippen LogP contribution in [0.3, 0.4) is 0 Å². The first-order valence-electron chi connectivity index (χ1n) is 5.81. The molecule has 0 saturated heterocycles. The summed E-state index contributed by atoms with van der Waals surface area (Å²) >= 11 is 0. The van der Waals surface area contributed by atoms with Crippen molar-refractivity contribution >= 4 is 11.5 Å². The van der Waals surface area contributed by atoms with Crippen LogP contribution in [0.2, 0.25) is 0 Å². The van der Waals surface area contributed by atoms with Crippen LogP contribution in [0.25, 0.3) is 0 Å². The number of nitro benzene ring substituents is 1. The number of nitrogens with zero attached hydrogens (tertiary/aromatic N) is 2. The van der Waals surface area contributed by atoms with Gasteiger partial charge in [-0.3, -0.25) is 15.5 Å². The van der Waals surface area contributed by atoms with Crippen LogP contribution in [0.5, 0.6) is 11.6 Å².